The van der Waals surface area contributed by atoms with Gasteiger partial charge in [-0.2, -0.15) is 0 Å². The maximum absolute atomic E-state index is 12.2. The average Bonchev–Trinajstić information content (AvgIpc) is 2.91. The normalized spacial score (nSPS) is 10.7. The highest BCUT2D eigenvalue weighted by Crippen LogP contribution is 2.22. The van der Waals surface area contributed by atoms with Crippen LogP contribution in [0.3, 0.4) is 0 Å². The van der Waals surface area contributed by atoms with Crippen molar-refractivity contribution in [3.63, 3.8) is 0 Å². The summed E-state index contributed by atoms with van der Waals surface area (Å²) < 4.78 is 1.24. The second kappa shape index (κ2) is 7.17. The number of anilines is 1. The first-order chi connectivity index (χ1) is 11.9. The Kier molecular flexibility index (Phi) is 4.97. The highest BCUT2D eigenvalue weighted by atomic mass is 35.5. The number of benzene rings is 2. The van der Waals surface area contributed by atoms with E-state index in [9.17, 15) is 9.59 Å². The van der Waals surface area contributed by atoms with Crippen LogP contribution in [0.1, 0.15) is 5.56 Å². The molecule has 3 aromatic rings. The number of aromatic amines is 1. The fourth-order valence-electron chi connectivity index (χ4n) is 2.38. The lowest BCUT2D eigenvalue weighted by atomic mass is 10.2. The largest absolute Gasteiger partial charge is 0.323 e. The SMILES string of the molecule is Cc1ccc(NC(=O)Cn2[nH]c(-c3ccc(Cl)cc3)cc2=O)c(Cl)c1. The summed E-state index contributed by atoms with van der Waals surface area (Å²) in [6, 6.07) is 13.8. The third-order valence-electron chi connectivity index (χ3n) is 3.64. The monoisotopic (exact) mass is 375 g/mol. The molecule has 2 N–H and O–H groups in total. The Bertz CT molecular complexity index is 975. The van der Waals surface area contributed by atoms with Gasteiger partial charge in [-0.1, -0.05) is 41.4 Å². The van der Waals surface area contributed by atoms with E-state index in [1.165, 1.54) is 10.7 Å². The summed E-state index contributed by atoms with van der Waals surface area (Å²) in [6.07, 6.45) is 0. The minimum absolute atomic E-state index is 0.142. The number of halogens is 2. The Morgan fingerprint density at radius 2 is 1.84 bits per heavy atom. The summed E-state index contributed by atoms with van der Waals surface area (Å²) in [5.41, 5.74) is 2.63. The lowest BCUT2D eigenvalue weighted by Crippen LogP contribution is -2.26. The molecule has 0 bridgehead atoms. The molecular weight excluding hydrogens is 361 g/mol. The molecule has 3 rings (SSSR count). The second-order valence-corrected chi connectivity index (χ2v) is 6.48. The van der Waals surface area contributed by atoms with Gasteiger partial charge in [0.25, 0.3) is 5.56 Å². The van der Waals surface area contributed by atoms with E-state index in [0.717, 1.165) is 11.1 Å². The van der Waals surface area contributed by atoms with Gasteiger partial charge in [0.05, 0.1) is 16.4 Å². The van der Waals surface area contributed by atoms with E-state index in [1.54, 1.807) is 36.4 Å². The molecule has 0 aliphatic heterocycles. The number of carbonyl (C=O) groups excluding carboxylic acids is 1. The Morgan fingerprint density at radius 1 is 1.12 bits per heavy atom. The van der Waals surface area contributed by atoms with Crippen molar-refractivity contribution in [3.8, 4) is 11.3 Å². The van der Waals surface area contributed by atoms with Crippen LogP contribution in [-0.2, 0) is 11.3 Å². The van der Waals surface area contributed by atoms with Gasteiger partial charge >= 0.3 is 0 Å². The second-order valence-electron chi connectivity index (χ2n) is 5.63. The zero-order valence-corrected chi connectivity index (χ0v) is 14.9. The van der Waals surface area contributed by atoms with Gasteiger partial charge in [0.15, 0.2) is 0 Å². The molecule has 0 fully saturated rings. The van der Waals surface area contributed by atoms with Crippen LogP contribution in [0.2, 0.25) is 10.0 Å². The van der Waals surface area contributed by atoms with Gasteiger partial charge in [-0.25, -0.2) is 4.68 Å². The van der Waals surface area contributed by atoms with Gasteiger partial charge in [0, 0.05) is 11.1 Å². The molecule has 128 valence electrons. The third-order valence-corrected chi connectivity index (χ3v) is 4.21. The molecule has 7 heteroatoms. The Hall–Kier alpha value is -2.50. The van der Waals surface area contributed by atoms with Crippen molar-refractivity contribution < 1.29 is 4.79 Å². The van der Waals surface area contributed by atoms with Gasteiger partial charge in [-0.3, -0.25) is 14.7 Å². The maximum Gasteiger partial charge on any atom is 0.267 e. The number of carbonyl (C=O) groups is 1. The fourth-order valence-corrected chi connectivity index (χ4v) is 2.79. The molecule has 1 aromatic heterocycles. The van der Waals surface area contributed by atoms with Crippen LogP contribution in [0.15, 0.2) is 53.3 Å². The van der Waals surface area contributed by atoms with Crippen LogP contribution >= 0.6 is 23.2 Å². The predicted octanol–water partition coefficient (Wildman–Crippen LogP) is 4.10. The maximum atomic E-state index is 12.2. The topological polar surface area (TPSA) is 66.9 Å². The first kappa shape index (κ1) is 17.3. The van der Waals surface area contributed by atoms with Crippen molar-refractivity contribution in [2.45, 2.75) is 13.5 Å². The summed E-state index contributed by atoms with van der Waals surface area (Å²) in [7, 11) is 0. The molecular formula is C18H15Cl2N3O2. The zero-order chi connectivity index (χ0) is 18.0. The number of nitrogens with zero attached hydrogens (tertiary/aromatic N) is 1. The van der Waals surface area contributed by atoms with Crippen LogP contribution in [0.5, 0.6) is 0 Å². The number of amides is 1. The highest BCUT2D eigenvalue weighted by Gasteiger charge is 2.11. The van der Waals surface area contributed by atoms with Gasteiger partial charge in [0.2, 0.25) is 5.91 Å². The van der Waals surface area contributed by atoms with Crippen molar-refractivity contribution in [2.75, 3.05) is 5.32 Å². The van der Waals surface area contributed by atoms with E-state index in [0.29, 0.717) is 21.4 Å². The van der Waals surface area contributed by atoms with Crippen molar-refractivity contribution in [2.24, 2.45) is 0 Å². The van der Waals surface area contributed by atoms with E-state index < -0.39 is 0 Å². The van der Waals surface area contributed by atoms with E-state index in [1.807, 2.05) is 13.0 Å². The van der Waals surface area contributed by atoms with Crippen LogP contribution in [0.25, 0.3) is 11.3 Å². The predicted molar refractivity (Wildman–Crippen MR) is 100 cm³/mol. The molecule has 2 aromatic carbocycles. The molecule has 0 aliphatic carbocycles. The average molecular weight is 376 g/mol. The van der Waals surface area contributed by atoms with E-state index in [4.69, 9.17) is 23.2 Å². The summed E-state index contributed by atoms with van der Waals surface area (Å²) >= 11 is 12.0. The molecule has 1 amide bonds. The van der Waals surface area contributed by atoms with E-state index in [2.05, 4.69) is 10.4 Å². The summed E-state index contributed by atoms with van der Waals surface area (Å²) in [4.78, 5) is 24.3. The van der Waals surface area contributed by atoms with Crippen LogP contribution in [0, 0.1) is 6.92 Å². The molecule has 0 saturated carbocycles. The van der Waals surface area contributed by atoms with E-state index in [-0.39, 0.29) is 18.0 Å². The number of hydrogen-bond donors (Lipinski definition) is 2. The lowest BCUT2D eigenvalue weighted by molar-refractivity contribution is -0.116. The molecule has 0 unspecified atom stereocenters. The number of rotatable bonds is 4. The van der Waals surface area contributed by atoms with Crippen molar-refractivity contribution in [3.05, 3.63) is 74.5 Å². The Morgan fingerprint density at radius 3 is 2.52 bits per heavy atom. The lowest BCUT2D eigenvalue weighted by Gasteiger charge is -2.08. The molecule has 0 spiro atoms. The molecule has 0 aliphatic rings. The van der Waals surface area contributed by atoms with Gasteiger partial charge in [0.1, 0.15) is 6.54 Å². The number of aryl methyl sites for hydroxylation is 1. The fraction of sp³-hybridized carbons (Fsp3) is 0.111. The van der Waals surface area contributed by atoms with Gasteiger partial charge in [-0.05, 0) is 42.3 Å². The van der Waals surface area contributed by atoms with Gasteiger partial charge < -0.3 is 5.32 Å². The Labute approximate surface area is 154 Å². The van der Waals surface area contributed by atoms with Crippen LogP contribution in [0.4, 0.5) is 5.69 Å². The number of nitrogens with one attached hydrogen (secondary N) is 2. The summed E-state index contributed by atoms with van der Waals surface area (Å²) in [5.74, 6) is -0.350. The standard InChI is InChI=1S/C18H15Cl2N3O2/c1-11-2-7-15(14(20)8-11)21-17(24)10-23-18(25)9-16(22-23)12-3-5-13(19)6-4-12/h2-9,22H,10H2,1H3,(H,21,24). The molecule has 1 heterocycles. The molecule has 25 heavy (non-hydrogen) atoms. The number of H-pyrrole nitrogens is 1. The first-order valence-electron chi connectivity index (χ1n) is 7.54. The minimum Gasteiger partial charge on any atom is -0.323 e. The molecule has 0 saturated heterocycles. The number of hydrogen-bond acceptors (Lipinski definition) is 2. The Balaban J connectivity index is 1.75. The zero-order valence-electron chi connectivity index (χ0n) is 13.3. The molecule has 0 atom stereocenters. The quantitative estimate of drug-likeness (QED) is 0.720. The number of aromatic nitrogens is 2. The van der Waals surface area contributed by atoms with Crippen LogP contribution in [-0.4, -0.2) is 15.7 Å². The van der Waals surface area contributed by atoms with Crippen LogP contribution < -0.4 is 10.9 Å². The first-order valence-corrected chi connectivity index (χ1v) is 8.30. The summed E-state index contributed by atoms with van der Waals surface area (Å²) in [6.45, 7) is 1.77. The minimum atomic E-state index is -0.350. The van der Waals surface area contributed by atoms with Crippen molar-refractivity contribution in [1.82, 2.24) is 9.78 Å². The third kappa shape index (κ3) is 4.13. The van der Waals surface area contributed by atoms with Gasteiger partial charge in [-0.15, -0.1) is 0 Å². The summed E-state index contributed by atoms with van der Waals surface area (Å²) in [5, 5.41) is 6.69. The van der Waals surface area contributed by atoms with Crippen molar-refractivity contribution in [1.29, 1.82) is 0 Å². The smallest absolute Gasteiger partial charge is 0.267 e. The molecule has 0 radical (unpaired) electrons. The molecule has 5 nitrogen and oxygen atoms in total. The van der Waals surface area contributed by atoms with Crippen molar-refractivity contribution >= 4 is 34.8 Å². The highest BCUT2D eigenvalue weighted by molar-refractivity contribution is 6.33. The van der Waals surface area contributed by atoms with E-state index >= 15 is 0 Å².